The van der Waals surface area contributed by atoms with Crippen LogP contribution in [0.5, 0.6) is 5.75 Å². The Kier molecular flexibility index (Phi) is 7.12. The molecule has 3 aromatic carbocycles. The molecule has 164 valence electrons. The van der Waals surface area contributed by atoms with E-state index < -0.39 is 0 Å². The Balaban J connectivity index is 1.72. The molecule has 32 heavy (non-hydrogen) atoms. The van der Waals surface area contributed by atoms with Gasteiger partial charge in [-0.05, 0) is 48.9 Å². The van der Waals surface area contributed by atoms with E-state index in [-0.39, 0.29) is 5.91 Å². The van der Waals surface area contributed by atoms with Crippen LogP contribution in [-0.2, 0) is 6.54 Å². The Bertz CT molecular complexity index is 1200. The summed E-state index contributed by atoms with van der Waals surface area (Å²) in [5, 5.41) is 1.13. The second-order valence-corrected chi connectivity index (χ2v) is 10.3. The Hall–Kier alpha value is -2.83. The van der Waals surface area contributed by atoms with Crippen molar-refractivity contribution in [3.8, 4) is 5.75 Å². The van der Waals surface area contributed by atoms with Crippen molar-refractivity contribution >= 4 is 44.4 Å². The molecule has 0 saturated heterocycles. The average Bonchev–Trinajstić information content (AvgIpc) is 3.21. The molecule has 0 aliphatic carbocycles. The second-order valence-electron chi connectivity index (χ2n) is 7.63. The molecule has 0 radical (unpaired) electrons. The van der Waals surface area contributed by atoms with Crippen LogP contribution in [0.2, 0.25) is 0 Å². The smallest absolute Gasteiger partial charge is 0.260 e. The molecule has 1 heterocycles. The number of anilines is 1. The van der Waals surface area contributed by atoms with Gasteiger partial charge in [-0.1, -0.05) is 61.6 Å². The van der Waals surface area contributed by atoms with Gasteiger partial charge in [0.25, 0.3) is 5.91 Å². The lowest BCUT2D eigenvalue weighted by Gasteiger charge is -2.20. The molecule has 6 heteroatoms. The highest BCUT2D eigenvalue weighted by Crippen LogP contribution is 2.33. The van der Waals surface area contributed by atoms with Gasteiger partial charge >= 0.3 is 0 Å². The molecule has 0 spiro atoms. The fourth-order valence-electron chi connectivity index (χ4n) is 3.39. The number of hydrogen-bond acceptors (Lipinski definition) is 5. The predicted octanol–water partition coefficient (Wildman–Crippen LogP) is 7.04. The highest BCUT2D eigenvalue weighted by Gasteiger charge is 2.22. The number of nitrogens with zero attached hydrogens (tertiary/aromatic N) is 2. The van der Waals surface area contributed by atoms with E-state index in [0.29, 0.717) is 29.1 Å². The summed E-state index contributed by atoms with van der Waals surface area (Å²) in [6, 6.07) is 23.8. The minimum Gasteiger partial charge on any atom is -0.494 e. The van der Waals surface area contributed by atoms with Gasteiger partial charge in [0.05, 0.1) is 23.4 Å². The monoisotopic (exact) mass is 462 g/mol. The second kappa shape index (κ2) is 10.2. The number of hydrogen-bond donors (Lipinski definition) is 0. The molecule has 0 atom stereocenters. The van der Waals surface area contributed by atoms with Gasteiger partial charge in [0, 0.05) is 15.7 Å². The molecular weight excluding hydrogens is 436 g/mol. The number of thioether (sulfide) groups is 1. The van der Waals surface area contributed by atoms with Crippen molar-refractivity contribution in [2.75, 3.05) is 11.5 Å². The molecule has 1 amide bonds. The van der Waals surface area contributed by atoms with Gasteiger partial charge in [-0.15, -0.1) is 11.8 Å². The highest BCUT2D eigenvalue weighted by molar-refractivity contribution is 7.99. The van der Waals surface area contributed by atoms with E-state index in [1.807, 2.05) is 73.7 Å². The summed E-state index contributed by atoms with van der Waals surface area (Å²) >= 11 is 3.27. The van der Waals surface area contributed by atoms with E-state index >= 15 is 0 Å². The van der Waals surface area contributed by atoms with Crippen molar-refractivity contribution < 1.29 is 9.53 Å². The van der Waals surface area contributed by atoms with Crippen molar-refractivity contribution in [2.45, 2.75) is 37.5 Å². The van der Waals surface area contributed by atoms with Crippen molar-refractivity contribution in [1.29, 1.82) is 0 Å². The third kappa shape index (κ3) is 5.31. The van der Waals surface area contributed by atoms with Crippen molar-refractivity contribution in [3.63, 3.8) is 0 Å². The SMILES string of the molecule is CCOc1ccc2nc(N(Cc3ccccc3)C(=O)c3cccc(SC(C)C)c3)sc2c1. The van der Waals surface area contributed by atoms with Crippen molar-refractivity contribution in [1.82, 2.24) is 4.98 Å². The summed E-state index contributed by atoms with van der Waals surface area (Å²) in [5.74, 6) is 0.763. The number of benzene rings is 3. The van der Waals surface area contributed by atoms with E-state index in [0.717, 1.165) is 26.4 Å². The molecule has 0 N–H and O–H groups in total. The summed E-state index contributed by atoms with van der Waals surface area (Å²) in [5.41, 5.74) is 2.59. The van der Waals surface area contributed by atoms with Crippen LogP contribution in [0.3, 0.4) is 0 Å². The first kappa shape index (κ1) is 22.4. The zero-order chi connectivity index (χ0) is 22.5. The predicted molar refractivity (Wildman–Crippen MR) is 135 cm³/mol. The maximum absolute atomic E-state index is 13.7. The van der Waals surface area contributed by atoms with Gasteiger partial charge in [-0.3, -0.25) is 9.69 Å². The minimum atomic E-state index is -0.0517. The fourth-order valence-corrected chi connectivity index (χ4v) is 5.28. The normalized spacial score (nSPS) is 11.1. The van der Waals surface area contributed by atoms with Crippen molar-refractivity contribution in [2.24, 2.45) is 0 Å². The molecule has 4 nitrogen and oxygen atoms in total. The van der Waals surface area contributed by atoms with E-state index in [1.165, 1.54) is 11.3 Å². The maximum atomic E-state index is 13.7. The van der Waals surface area contributed by atoms with Gasteiger partial charge in [0.1, 0.15) is 5.75 Å². The standard InChI is InChI=1S/C26H26N2O2S2/c1-4-30-21-13-14-23-24(16-21)32-26(27-23)28(17-19-9-6-5-7-10-19)25(29)20-11-8-12-22(15-20)31-18(2)3/h5-16,18H,4,17H2,1-3H3. The van der Waals surface area contributed by atoms with Crippen LogP contribution >= 0.6 is 23.1 Å². The number of carbonyl (C=O) groups excluding carboxylic acids is 1. The lowest BCUT2D eigenvalue weighted by molar-refractivity contribution is 0.0985. The van der Waals surface area contributed by atoms with Gasteiger partial charge in [0.15, 0.2) is 5.13 Å². The molecule has 4 rings (SSSR count). The molecule has 0 fully saturated rings. The zero-order valence-electron chi connectivity index (χ0n) is 18.4. The number of amides is 1. The van der Waals surface area contributed by atoms with E-state index in [2.05, 4.69) is 19.9 Å². The zero-order valence-corrected chi connectivity index (χ0v) is 20.1. The minimum absolute atomic E-state index is 0.0517. The number of carbonyl (C=O) groups is 1. The molecule has 1 aromatic heterocycles. The van der Waals surface area contributed by atoms with Crippen LogP contribution in [0, 0.1) is 0 Å². The van der Waals surface area contributed by atoms with Crippen LogP contribution in [0.25, 0.3) is 10.2 Å². The first-order valence-electron chi connectivity index (χ1n) is 10.7. The highest BCUT2D eigenvalue weighted by atomic mass is 32.2. The topological polar surface area (TPSA) is 42.4 Å². The number of ether oxygens (including phenoxy) is 1. The third-order valence-corrected chi connectivity index (χ3v) is 6.81. The largest absolute Gasteiger partial charge is 0.494 e. The first-order chi connectivity index (χ1) is 15.5. The van der Waals surface area contributed by atoms with Gasteiger partial charge in [-0.25, -0.2) is 4.98 Å². The lowest BCUT2D eigenvalue weighted by atomic mass is 10.1. The average molecular weight is 463 g/mol. The van der Waals surface area contributed by atoms with Crippen LogP contribution in [-0.4, -0.2) is 22.7 Å². The maximum Gasteiger partial charge on any atom is 0.260 e. The Morgan fingerprint density at radius 1 is 1.06 bits per heavy atom. The van der Waals surface area contributed by atoms with E-state index in [1.54, 1.807) is 16.7 Å². The van der Waals surface area contributed by atoms with Crippen LogP contribution in [0.1, 0.15) is 36.7 Å². The summed E-state index contributed by atoms with van der Waals surface area (Å²) in [4.78, 5) is 21.4. The molecule has 0 aliphatic heterocycles. The molecule has 0 unspecified atom stereocenters. The van der Waals surface area contributed by atoms with Crippen LogP contribution < -0.4 is 9.64 Å². The Morgan fingerprint density at radius 2 is 1.88 bits per heavy atom. The first-order valence-corrected chi connectivity index (χ1v) is 12.4. The van der Waals surface area contributed by atoms with Gasteiger partial charge in [-0.2, -0.15) is 0 Å². The number of rotatable bonds is 8. The van der Waals surface area contributed by atoms with E-state index in [4.69, 9.17) is 9.72 Å². The molecule has 0 bridgehead atoms. The fraction of sp³-hybridized carbons (Fsp3) is 0.231. The van der Waals surface area contributed by atoms with Crippen molar-refractivity contribution in [3.05, 3.63) is 83.9 Å². The lowest BCUT2D eigenvalue weighted by Crippen LogP contribution is -2.30. The van der Waals surface area contributed by atoms with Crippen LogP contribution in [0.15, 0.2) is 77.7 Å². The Labute approximate surface area is 197 Å². The van der Waals surface area contributed by atoms with E-state index in [9.17, 15) is 4.79 Å². The number of thiazole rings is 1. The Morgan fingerprint density at radius 3 is 2.62 bits per heavy atom. The van der Waals surface area contributed by atoms with Gasteiger partial charge in [0.2, 0.25) is 0 Å². The number of aromatic nitrogens is 1. The van der Waals surface area contributed by atoms with Crippen LogP contribution in [0.4, 0.5) is 5.13 Å². The number of fused-ring (bicyclic) bond motifs is 1. The molecule has 0 saturated carbocycles. The summed E-state index contributed by atoms with van der Waals surface area (Å²) in [7, 11) is 0. The molecular formula is C26H26N2O2S2. The summed E-state index contributed by atoms with van der Waals surface area (Å²) in [6.07, 6.45) is 0. The summed E-state index contributed by atoms with van der Waals surface area (Å²) in [6.45, 7) is 7.34. The quantitative estimate of drug-likeness (QED) is 0.263. The summed E-state index contributed by atoms with van der Waals surface area (Å²) < 4.78 is 6.64. The third-order valence-electron chi connectivity index (χ3n) is 4.77. The molecule has 4 aromatic rings. The van der Waals surface area contributed by atoms with Gasteiger partial charge < -0.3 is 4.74 Å². The molecule has 0 aliphatic rings.